The number of halogens is 2. The maximum absolute atomic E-state index is 13.0. The minimum absolute atomic E-state index is 0.189. The van der Waals surface area contributed by atoms with Crippen molar-refractivity contribution in [3.63, 3.8) is 0 Å². The molecule has 84 valence electrons. The topological polar surface area (TPSA) is 33.0 Å². The summed E-state index contributed by atoms with van der Waals surface area (Å²) in [6.07, 6.45) is 0. The van der Waals surface area contributed by atoms with Crippen LogP contribution in [0.15, 0.2) is 42.5 Å². The summed E-state index contributed by atoms with van der Waals surface area (Å²) >= 11 is 5.87. The van der Waals surface area contributed by atoms with Gasteiger partial charge >= 0.3 is 0 Å². The van der Waals surface area contributed by atoms with Crippen molar-refractivity contribution in [1.29, 1.82) is 5.26 Å². The molecule has 2 aromatic rings. The second-order valence-corrected chi connectivity index (χ2v) is 3.69. The minimum Gasteiger partial charge on any atom is -0.454 e. The third kappa shape index (κ3) is 2.55. The molecule has 0 heterocycles. The molecule has 0 unspecified atom stereocenters. The summed E-state index contributed by atoms with van der Waals surface area (Å²) in [7, 11) is 0. The van der Waals surface area contributed by atoms with Gasteiger partial charge in [0.25, 0.3) is 0 Å². The molecular weight excluding hydrogens is 241 g/mol. The van der Waals surface area contributed by atoms with E-state index in [0.717, 1.165) is 0 Å². The molecule has 17 heavy (non-hydrogen) atoms. The Labute approximate surface area is 103 Å². The van der Waals surface area contributed by atoms with Crippen molar-refractivity contribution in [2.45, 2.75) is 0 Å². The van der Waals surface area contributed by atoms with Crippen LogP contribution >= 0.6 is 11.6 Å². The molecule has 0 radical (unpaired) electrons. The lowest BCUT2D eigenvalue weighted by atomic mass is 10.2. The van der Waals surface area contributed by atoms with Crippen molar-refractivity contribution in [2.24, 2.45) is 0 Å². The number of rotatable bonds is 2. The zero-order valence-corrected chi connectivity index (χ0v) is 9.41. The highest BCUT2D eigenvalue weighted by atomic mass is 35.5. The van der Waals surface area contributed by atoms with Crippen molar-refractivity contribution >= 4 is 11.6 Å². The summed E-state index contributed by atoms with van der Waals surface area (Å²) in [6, 6.07) is 12.5. The van der Waals surface area contributed by atoms with E-state index in [1.165, 1.54) is 18.2 Å². The van der Waals surface area contributed by atoms with Crippen LogP contribution in [0.1, 0.15) is 5.56 Å². The highest BCUT2D eigenvalue weighted by Gasteiger charge is 2.07. The van der Waals surface area contributed by atoms with E-state index in [0.29, 0.717) is 16.3 Å². The van der Waals surface area contributed by atoms with Gasteiger partial charge in [0.1, 0.15) is 23.4 Å². The lowest BCUT2D eigenvalue weighted by molar-refractivity contribution is 0.475. The molecule has 0 fully saturated rings. The summed E-state index contributed by atoms with van der Waals surface area (Å²) < 4.78 is 18.4. The first kappa shape index (κ1) is 11.4. The van der Waals surface area contributed by atoms with Crippen molar-refractivity contribution in [3.8, 4) is 17.6 Å². The monoisotopic (exact) mass is 247 g/mol. The first-order chi connectivity index (χ1) is 8.20. The number of benzene rings is 2. The van der Waals surface area contributed by atoms with Gasteiger partial charge in [0, 0.05) is 6.07 Å². The smallest absolute Gasteiger partial charge is 0.148 e. The molecule has 0 saturated carbocycles. The van der Waals surface area contributed by atoms with Gasteiger partial charge in [-0.05, 0) is 24.3 Å². The zero-order valence-electron chi connectivity index (χ0n) is 8.65. The number of nitriles is 1. The fourth-order valence-corrected chi connectivity index (χ4v) is 1.48. The molecule has 4 heteroatoms. The second-order valence-electron chi connectivity index (χ2n) is 3.28. The van der Waals surface area contributed by atoms with Gasteiger partial charge in [-0.2, -0.15) is 5.26 Å². The zero-order chi connectivity index (χ0) is 12.3. The molecule has 0 N–H and O–H groups in total. The molecule has 0 aromatic heterocycles. The minimum atomic E-state index is -0.446. The maximum Gasteiger partial charge on any atom is 0.148 e. The molecular formula is C13H7ClFNO. The highest BCUT2D eigenvalue weighted by molar-refractivity contribution is 6.32. The van der Waals surface area contributed by atoms with Crippen LogP contribution in [0, 0.1) is 17.1 Å². The Balaban J connectivity index is 2.38. The molecule has 0 aliphatic rings. The molecule has 2 nitrogen and oxygen atoms in total. The molecule has 2 rings (SSSR count). The van der Waals surface area contributed by atoms with E-state index in [1.807, 2.05) is 6.07 Å². The number of ether oxygens (including phenoxy) is 1. The third-order valence-corrected chi connectivity index (χ3v) is 2.43. The van der Waals surface area contributed by atoms with Gasteiger partial charge < -0.3 is 4.74 Å². The van der Waals surface area contributed by atoms with Gasteiger partial charge in [0.2, 0.25) is 0 Å². The van der Waals surface area contributed by atoms with E-state index in [2.05, 4.69) is 0 Å². The largest absolute Gasteiger partial charge is 0.454 e. The molecule has 0 aliphatic heterocycles. The first-order valence-corrected chi connectivity index (χ1v) is 5.20. The van der Waals surface area contributed by atoms with E-state index in [1.54, 1.807) is 24.3 Å². The molecule has 0 saturated heterocycles. The average molecular weight is 248 g/mol. The number of nitrogens with zero attached hydrogens (tertiary/aromatic N) is 1. The Morgan fingerprint density at radius 1 is 1.12 bits per heavy atom. The van der Waals surface area contributed by atoms with Crippen LogP contribution in [-0.2, 0) is 0 Å². The standard InChI is InChI=1S/C13H7ClFNO/c14-11-6-5-10(15)7-13(11)17-12-4-2-1-3-9(12)8-16/h1-7H. The summed E-state index contributed by atoms with van der Waals surface area (Å²) in [5.41, 5.74) is 0.368. The lowest BCUT2D eigenvalue weighted by Crippen LogP contribution is -1.89. The van der Waals surface area contributed by atoms with E-state index >= 15 is 0 Å². The highest BCUT2D eigenvalue weighted by Crippen LogP contribution is 2.31. The Morgan fingerprint density at radius 2 is 1.88 bits per heavy atom. The summed E-state index contributed by atoms with van der Waals surface area (Å²) in [5, 5.41) is 9.17. The van der Waals surface area contributed by atoms with E-state index in [9.17, 15) is 4.39 Å². The normalized spacial score (nSPS) is 9.71. The lowest BCUT2D eigenvalue weighted by Gasteiger charge is -2.08. The Hall–Kier alpha value is -2.05. The van der Waals surface area contributed by atoms with Gasteiger partial charge in [-0.15, -0.1) is 0 Å². The van der Waals surface area contributed by atoms with Crippen molar-refractivity contribution < 1.29 is 9.13 Å². The van der Waals surface area contributed by atoms with Crippen LogP contribution in [0.3, 0.4) is 0 Å². The molecule has 0 bridgehead atoms. The maximum atomic E-state index is 13.0. The van der Waals surface area contributed by atoms with Crippen molar-refractivity contribution in [3.05, 3.63) is 58.9 Å². The van der Waals surface area contributed by atoms with Crippen molar-refractivity contribution in [1.82, 2.24) is 0 Å². The molecule has 2 aromatic carbocycles. The molecule has 0 aliphatic carbocycles. The Morgan fingerprint density at radius 3 is 2.65 bits per heavy atom. The number of hydrogen-bond donors (Lipinski definition) is 0. The summed E-state index contributed by atoms with van der Waals surface area (Å²) in [4.78, 5) is 0. The van der Waals surface area contributed by atoms with Crippen LogP contribution in [0.25, 0.3) is 0 Å². The first-order valence-electron chi connectivity index (χ1n) is 4.83. The fourth-order valence-electron chi connectivity index (χ4n) is 1.32. The van der Waals surface area contributed by atoms with Gasteiger partial charge in [0.05, 0.1) is 10.6 Å². The third-order valence-electron chi connectivity index (χ3n) is 2.12. The quantitative estimate of drug-likeness (QED) is 0.799. The predicted molar refractivity (Wildman–Crippen MR) is 62.6 cm³/mol. The summed E-state index contributed by atoms with van der Waals surface area (Å²) in [5.74, 6) is 0.0932. The van der Waals surface area contributed by atoms with Gasteiger partial charge in [-0.3, -0.25) is 0 Å². The van der Waals surface area contributed by atoms with Gasteiger partial charge in [0.15, 0.2) is 0 Å². The fraction of sp³-hybridized carbons (Fsp3) is 0. The molecule has 0 amide bonds. The van der Waals surface area contributed by atoms with Crippen LogP contribution in [0.2, 0.25) is 5.02 Å². The van der Waals surface area contributed by atoms with Gasteiger partial charge in [-0.1, -0.05) is 23.7 Å². The molecule has 0 atom stereocenters. The van der Waals surface area contributed by atoms with Crippen LogP contribution < -0.4 is 4.74 Å². The SMILES string of the molecule is N#Cc1ccccc1Oc1cc(F)ccc1Cl. The molecule has 0 spiro atoms. The number of para-hydroxylation sites is 1. The van der Waals surface area contributed by atoms with Crippen LogP contribution in [-0.4, -0.2) is 0 Å². The van der Waals surface area contributed by atoms with Crippen LogP contribution in [0.5, 0.6) is 11.5 Å². The van der Waals surface area contributed by atoms with E-state index < -0.39 is 5.82 Å². The van der Waals surface area contributed by atoms with E-state index in [4.69, 9.17) is 21.6 Å². The number of hydrogen-bond acceptors (Lipinski definition) is 2. The van der Waals surface area contributed by atoms with E-state index in [-0.39, 0.29) is 5.75 Å². The van der Waals surface area contributed by atoms with Crippen LogP contribution in [0.4, 0.5) is 4.39 Å². The Bertz CT molecular complexity index is 592. The van der Waals surface area contributed by atoms with Gasteiger partial charge in [-0.25, -0.2) is 4.39 Å². The second kappa shape index (κ2) is 4.86. The predicted octanol–water partition coefficient (Wildman–Crippen LogP) is 4.14. The Kier molecular flexibility index (Phi) is 3.27. The summed E-state index contributed by atoms with van der Waals surface area (Å²) in [6.45, 7) is 0. The average Bonchev–Trinajstić information content (AvgIpc) is 2.34. The van der Waals surface area contributed by atoms with Crippen molar-refractivity contribution in [2.75, 3.05) is 0 Å².